The van der Waals surface area contributed by atoms with Crippen molar-refractivity contribution >= 4 is 38.7 Å². The molecular formula is C19H19BrN4O. The summed E-state index contributed by atoms with van der Waals surface area (Å²) in [6.45, 7) is 1.61. The van der Waals surface area contributed by atoms with Gasteiger partial charge in [-0.05, 0) is 35.9 Å². The number of carbonyl (C=O) groups excluding carboxylic acids is 1. The quantitative estimate of drug-likeness (QED) is 0.551. The number of hydrogen-bond acceptors (Lipinski definition) is 3. The van der Waals surface area contributed by atoms with E-state index in [0.29, 0.717) is 19.6 Å². The van der Waals surface area contributed by atoms with Crippen LogP contribution in [0.5, 0.6) is 0 Å². The number of carbonyl (C=O) groups is 1. The van der Waals surface area contributed by atoms with E-state index in [0.717, 1.165) is 26.8 Å². The van der Waals surface area contributed by atoms with E-state index in [1.54, 1.807) is 0 Å². The molecule has 0 unspecified atom stereocenters. The van der Waals surface area contributed by atoms with Gasteiger partial charge >= 0.3 is 6.03 Å². The topological polar surface area (TPSA) is 66.0 Å². The number of anilines is 1. The summed E-state index contributed by atoms with van der Waals surface area (Å²) >= 11 is 3.42. The molecule has 25 heavy (non-hydrogen) atoms. The Hall–Kier alpha value is -2.60. The molecular weight excluding hydrogens is 380 g/mol. The van der Waals surface area contributed by atoms with E-state index in [1.165, 1.54) is 0 Å². The lowest BCUT2D eigenvalue weighted by Crippen LogP contribution is -2.37. The molecule has 6 heteroatoms. The van der Waals surface area contributed by atoms with E-state index in [1.807, 2.05) is 60.7 Å². The second-order valence-electron chi connectivity index (χ2n) is 5.56. The van der Waals surface area contributed by atoms with Gasteiger partial charge in [-0.2, -0.15) is 0 Å². The number of nitrogens with one attached hydrogen (secondary N) is 3. The lowest BCUT2D eigenvalue weighted by atomic mass is 10.2. The molecule has 128 valence electrons. The van der Waals surface area contributed by atoms with E-state index in [4.69, 9.17) is 0 Å². The average molecular weight is 399 g/mol. The Morgan fingerprint density at radius 2 is 1.84 bits per heavy atom. The number of para-hydroxylation sites is 1. The summed E-state index contributed by atoms with van der Waals surface area (Å²) in [6, 6.07) is 19.6. The van der Waals surface area contributed by atoms with E-state index in [2.05, 4.69) is 36.9 Å². The summed E-state index contributed by atoms with van der Waals surface area (Å²) in [5.41, 5.74) is 2.00. The van der Waals surface area contributed by atoms with Crippen LogP contribution in [0.25, 0.3) is 10.9 Å². The molecule has 0 aliphatic carbocycles. The van der Waals surface area contributed by atoms with Crippen LogP contribution in [0.15, 0.2) is 65.1 Å². The van der Waals surface area contributed by atoms with Gasteiger partial charge in [-0.1, -0.05) is 46.3 Å². The molecule has 0 fully saturated rings. The molecule has 0 radical (unpaired) electrons. The van der Waals surface area contributed by atoms with Crippen molar-refractivity contribution in [3.05, 3.63) is 70.7 Å². The van der Waals surface area contributed by atoms with Crippen molar-refractivity contribution in [3.63, 3.8) is 0 Å². The zero-order valence-electron chi connectivity index (χ0n) is 13.6. The number of fused-ring (bicyclic) bond motifs is 1. The summed E-state index contributed by atoms with van der Waals surface area (Å²) in [4.78, 5) is 16.3. The average Bonchev–Trinajstić information content (AvgIpc) is 2.63. The maximum Gasteiger partial charge on any atom is 0.315 e. The van der Waals surface area contributed by atoms with Crippen LogP contribution in [0.3, 0.4) is 0 Å². The predicted molar refractivity (Wildman–Crippen MR) is 105 cm³/mol. The van der Waals surface area contributed by atoms with Crippen LogP contribution >= 0.6 is 15.9 Å². The molecule has 0 saturated heterocycles. The zero-order chi connectivity index (χ0) is 17.5. The number of hydrogen-bond donors (Lipinski definition) is 3. The van der Waals surface area contributed by atoms with Crippen molar-refractivity contribution in [2.45, 2.75) is 6.54 Å². The number of halogens is 1. The lowest BCUT2D eigenvalue weighted by molar-refractivity contribution is 0.241. The van der Waals surface area contributed by atoms with Crippen molar-refractivity contribution in [1.29, 1.82) is 0 Å². The van der Waals surface area contributed by atoms with Gasteiger partial charge in [0.15, 0.2) is 0 Å². The van der Waals surface area contributed by atoms with E-state index >= 15 is 0 Å². The highest BCUT2D eigenvalue weighted by Gasteiger charge is 2.01. The number of amides is 2. The van der Waals surface area contributed by atoms with Crippen molar-refractivity contribution in [1.82, 2.24) is 15.6 Å². The third kappa shape index (κ3) is 5.19. The highest BCUT2D eigenvalue weighted by molar-refractivity contribution is 9.10. The molecule has 0 bridgehead atoms. The minimum atomic E-state index is -0.187. The van der Waals surface area contributed by atoms with Crippen molar-refractivity contribution in [2.24, 2.45) is 0 Å². The van der Waals surface area contributed by atoms with Gasteiger partial charge in [-0.25, -0.2) is 9.78 Å². The van der Waals surface area contributed by atoms with Crippen molar-refractivity contribution in [3.8, 4) is 0 Å². The summed E-state index contributed by atoms with van der Waals surface area (Å²) in [5, 5.41) is 9.98. The minimum absolute atomic E-state index is 0.187. The third-order valence-electron chi connectivity index (χ3n) is 3.66. The Balaban J connectivity index is 1.39. The Labute approximate surface area is 155 Å². The van der Waals surface area contributed by atoms with Gasteiger partial charge in [0.2, 0.25) is 0 Å². The normalized spacial score (nSPS) is 10.4. The van der Waals surface area contributed by atoms with Gasteiger partial charge in [0, 0.05) is 29.5 Å². The number of aromatic nitrogens is 1. The van der Waals surface area contributed by atoms with Crippen LogP contribution in [-0.4, -0.2) is 24.1 Å². The highest BCUT2D eigenvalue weighted by Crippen LogP contribution is 2.14. The molecule has 0 saturated carbocycles. The Morgan fingerprint density at radius 3 is 2.72 bits per heavy atom. The van der Waals surface area contributed by atoms with Crippen LogP contribution in [-0.2, 0) is 6.54 Å². The molecule has 5 nitrogen and oxygen atoms in total. The minimum Gasteiger partial charge on any atom is -0.368 e. The van der Waals surface area contributed by atoms with Crippen molar-refractivity contribution < 1.29 is 4.79 Å². The van der Waals surface area contributed by atoms with Gasteiger partial charge in [0.1, 0.15) is 5.82 Å². The maximum absolute atomic E-state index is 11.8. The molecule has 0 aliphatic rings. The van der Waals surface area contributed by atoms with Gasteiger partial charge in [0.05, 0.1) is 5.52 Å². The third-order valence-corrected chi connectivity index (χ3v) is 4.15. The molecule has 3 rings (SSSR count). The summed E-state index contributed by atoms with van der Waals surface area (Å²) < 4.78 is 0.999. The molecule has 2 amide bonds. The second-order valence-corrected chi connectivity index (χ2v) is 6.47. The van der Waals surface area contributed by atoms with Gasteiger partial charge < -0.3 is 16.0 Å². The first kappa shape index (κ1) is 17.2. The standard InChI is InChI=1S/C19H19BrN4O/c20-16-6-3-4-14(12-16)13-23-19(25)22-11-10-21-18-9-8-15-5-1-2-7-17(15)24-18/h1-9,12H,10-11,13H2,(H,21,24)(H2,22,23,25). The Morgan fingerprint density at radius 1 is 0.960 bits per heavy atom. The molecule has 3 aromatic rings. The number of nitrogens with zero attached hydrogens (tertiary/aromatic N) is 1. The molecule has 2 aromatic carbocycles. The van der Waals surface area contributed by atoms with Gasteiger partial charge in [0.25, 0.3) is 0 Å². The fourth-order valence-corrected chi connectivity index (χ4v) is 2.87. The van der Waals surface area contributed by atoms with Crippen LogP contribution in [0.1, 0.15) is 5.56 Å². The molecule has 1 heterocycles. The lowest BCUT2D eigenvalue weighted by Gasteiger charge is -2.09. The van der Waals surface area contributed by atoms with Crippen LogP contribution in [0.2, 0.25) is 0 Å². The van der Waals surface area contributed by atoms with E-state index in [9.17, 15) is 4.79 Å². The Bertz CT molecular complexity index is 869. The first-order valence-electron chi connectivity index (χ1n) is 8.06. The first-order valence-corrected chi connectivity index (χ1v) is 8.86. The number of urea groups is 1. The van der Waals surface area contributed by atoms with Crippen molar-refractivity contribution in [2.75, 3.05) is 18.4 Å². The smallest absolute Gasteiger partial charge is 0.315 e. The fraction of sp³-hybridized carbons (Fsp3) is 0.158. The molecule has 0 aliphatic heterocycles. The largest absolute Gasteiger partial charge is 0.368 e. The zero-order valence-corrected chi connectivity index (χ0v) is 15.2. The molecule has 3 N–H and O–H groups in total. The Kier molecular flexibility index (Phi) is 5.85. The van der Waals surface area contributed by atoms with Gasteiger partial charge in [-0.15, -0.1) is 0 Å². The number of benzene rings is 2. The summed E-state index contributed by atoms with van der Waals surface area (Å²) in [5.74, 6) is 0.801. The van der Waals surface area contributed by atoms with Crippen LogP contribution in [0.4, 0.5) is 10.6 Å². The van der Waals surface area contributed by atoms with Gasteiger partial charge in [-0.3, -0.25) is 0 Å². The van der Waals surface area contributed by atoms with E-state index < -0.39 is 0 Å². The second kappa shape index (κ2) is 8.48. The molecule has 0 spiro atoms. The maximum atomic E-state index is 11.8. The highest BCUT2D eigenvalue weighted by atomic mass is 79.9. The predicted octanol–water partition coefficient (Wildman–Crippen LogP) is 3.91. The van der Waals surface area contributed by atoms with E-state index in [-0.39, 0.29) is 6.03 Å². The molecule has 1 aromatic heterocycles. The summed E-state index contributed by atoms with van der Waals surface area (Å²) in [6.07, 6.45) is 0. The SMILES string of the molecule is O=C(NCCNc1ccc2ccccc2n1)NCc1cccc(Br)c1. The number of pyridine rings is 1. The molecule has 0 atom stereocenters. The van der Waals surface area contributed by atoms with Crippen LogP contribution < -0.4 is 16.0 Å². The monoisotopic (exact) mass is 398 g/mol. The fourth-order valence-electron chi connectivity index (χ4n) is 2.42. The summed E-state index contributed by atoms with van der Waals surface area (Å²) in [7, 11) is 0. The first-order chi connectivity index (χ1) is 12.2. The number of rotatable bonds is 6. The van der Waals surface area contributed by atoms with Crippen LogP contribution in [0, 0.1) is 0 Å².